The Bertz CT molecular complexity index is 348. The predicted octanol–water partition coefficient (Wildman–Crippen LogP) is 0.553. The van der Waals surface area contributed by atoms with E-state index in [1.54, 1.807) is 20.2 Å². The van der Waals surface area contributed by atoms with Crippen LogP contribution >= 0.6 is 0 Å². The van der Waals surface area contributed by atoms with Crippen molar-refractivity contribution in [3.05, 3.63) is 29.3 Å². The summed E-state index contributed by atoms with van der Waals surface area (Å²) in [5.74, 6) is 0.0196. The molecule has 0 spiro atoms. The van der Waals surface area contributed by atoms with Gasteiger partial charge in [-0.2, -0.15) is 0 Å². The molecule has 76 valence electrons. The molecule has 1 aromatic rings. The summed E-state index contributed by atoms with van der Waals surface area (Å²) in [4.78, 5) is 13.1. The van der Waals surface area contributed by atoms with Crippen LogP contribution in [0.25, 0.3) is 0 Å². The molecule has 0 aliphatic carbocycles. The van der Waals surface area contributed by atoms with Gasteiger partial charge in [0.1, 0.15) is 5.75 Å². The van der Waals surface area contributed by atoms with E-state index in [0.717, 1.165) is 0 Å². The topological polar surface area (TPSA) is 66.6 Å². The van der Waals surface area contributed by atoms with Crippen LogP contribution in [0.2, 0.25) is 0 Å². The first-order chi connectivity index (χ1) is 6.56. The molecule has 0 unspecified atom stereocenters. The first-order valence-electron chi connectivity index (χ1n) is 4.30. The number of benzene rings is 1. The second-order valence-electron chi connectivity index (χ2n) is 3.25. The van der Waals surface area contributed by atoms with Crippen LogP contribution in [0, 0.1) is 0 Å². The molecule has 0 aliphatic rings. The van der Waals surface area contributed by atoms with Gasteiger partial charge in [-0.05, 0) is 23.8 Å². The van der Waals surface area contributed by atoms with Gasteiger partial charge in [-0.1, -0.05) is 0 Å². The number of phenolic OH excluding ortho intramolecular Hbond substituents is 1. The molecule has 0 radical (unpaired) electrons. The van der Waals surface area contributed by atoms with Crippen molar-refractivity contribution in [2.45, 2.75) is 6.54 Å². The number of carbonyl (C=O) groups excluding carboxylic acids is 1. The highest BCUT2D eigenvalue weighted by molar-refractivity contribution is 5.95. The molecule has 4 heteroatoms. The van der Waals surface area contributed by atoms with Crippen molar-refractivity contribution in [3.63, 3.8) is 0 Å². The highest BCUT2D eigenvalue weighted by Crippen LogP contribution is 2.17. The first-order valence-corrected chi connectivity index (χ1v) is 4.30. The van der Waals surface area contributed by atoms with Gasteiger partial charge < -0.3 is 15.7 Å². The molecule has 0 aromatic heterocycles. The lowest BCUT2D eigenvalue weighted by molar-refractivity contribution is 0.0826. The quantitative estimate of drug-likeness (QED) is 0.722. The van der Waals surface area contributed by atoms with Crippen molar-refractivity contribution in [2.75, 3.05) is 14.1 Å². The fourth-order valence-corrected chi connectivity index (χ4v) is 1.20. The average molecular weight is 194 g/mol. The van der Waals surface area contributed by atoms with Crippen LogP contribution in [-0.2, 0) is 6.54 Å². The van der Waals surface area contributed by atoms with Gasteiger partial charge in [-0.25, -0.2) is 0 Å². The summed E-state index contributed by atoms with van der Waals surface area (Å²) in [5, 5.41) is 9.21. The van der Waals surface area contributed by atoms with Crippen LogP contribution in [-0.4, -0.2) is 30.0 Å². The molecular formula is C10H14N2O2. The predicted molar refractivity (Wildman–Crippen MR) is 54.0 cm³/mol. The molecule has 1 amide bonds. The Morgan fingerprint density at radius 3 is 2.64 bits per heavy atom. The molecule has 0 atom stereocenters. The summed E-state index contributed by atoms with van der Waals surface area (Å²) in [7, 11) is 3.35. The standard InChI is InChI=1S/C10H14N2O2/c1-12(2)10(14)9-4-3-8(13)5-7(9)6-11/h3-5,13H,6,11H2,1-2H3. The Morgan fingerprint density at radius 2 is 2.14 bits per heavy atom. The fourth-order valence-electron chi connectivity index (χ4n) is 1.20. The van der Waals surface area contributed by atoms with Crippen LogP contribution in [0.1, 0.15) is 15.9 Å². The summed E-state index contributed by atoms with van der Waals surface area (Å²) in [6.45, 7) is 0.239. The second-order valence-corrected chi connectivity index (χ2v) is 3.25. The van der Waals surface area contributed by atoms with E-state index in [1.807, 2.05) is 0 Å². The minimum absolute atomic E-state index is 0.106. The maximum Gasteiger partial charge on any atom is 0.253 e. The molecule has 0 fully saturated rings. The van der Waals surface area contributed by atoms with E-state index in [2.05, 4.69) is 0 Å². The highest BCUT2D eigenvalue weighted by Gasteiger charge is 2.12. The minimum atomic E-state index is -0.106. The van der Waals surface area contributed by atoms with Gasteiger partial charge in [0.2, 0.25) is 0 Å². The zero-order valence-electron chi connectivity index (χ0n) is 8.32. The van der Waals surface area contributed by atoms with Gasteiger partial charge in [0, 0.05) is 26.2 Å². The van der Waals surface area contributed by atoms with E-state index < -0.39 is 0 Å². The van der Waals surface area contributed by atoms with Gasteiger partial charge >= 0.3 is 0 Å². The largest absolute Gasteiger partial charge is 0.508 e. The molecule has 3 N–H and O–H groups in total. The highest BCUT2D eigenvalue weighted by atomic mass is 16.3. The summed E-state index contributed by atoms with van der Waals surface area (Å²) in [6.07, 6.45) is 0. The maximum atomic E-state index is 11.6. The van der Waals surface area contributed by atoms with Crippen LogP contribution in [0.4, 0.5) is 0 Å². The minimum Gasteiger partial charge on any atom is -0.508 e. The van der Waals surface area contributed by atoms with Crippen LogP contribution in [0.3, 0.4) is 0 Å². The van der Waals surface area contributed by atoms with Crippen molar-refractivity contribution >= 4 is 5.91 Å². The van der Waals surface area contributed by atoms with Gasteiger partial charge in [-0.3, -0.25) is 4.79 Å². The molecule has 4 nitrogen and oxygen atoms in total. The molecule has 0 saturated carbocycles. The van der Waals surface area contributed by atoms with Crippen molar-refractivity contribution in [1.29, 1.82) is 0 Å². The van der Waals surface area contributed by atoms with E-state index in [0.29, 0.717) is 11.1 Å². The lowest BCUT2D eigenvalue weighted by Gasteiger charge is -2.13. The monoisotopic (exact) mass is 194 g/mol. The van der Waals surface area contributed by atoms with E-state index in [4.69, 9.17) is 5.73 Å². The average Bonchev–Trinajstić information content (AvgIpc) is 2.16. The number of rotatable bonds is 2. The summed E-state index contributed by atoms with van der Waals surface area (Å²) < 4.78 is 0. The van der Waals surface area contributed by atoms with Gasteiger partial charge in [0.05, 0.1) is 0 Å². The lowest BCUT2D eigenvalue weighted by Crippen LogP contribution is -2.23. The molecule has 1 aromatic carbocycles. The van der Waals surface area contributed by atoms with E-state index in [1.165, 1.54) is 17.0 Å². The Kier molecular flexibility index (Phi) is 3.09. The third kappa shape index (κ3) is 2.03. The second kappa shape index (κ2) is 4.11. The van der Waals surface area contributed by atoms with Crippen molar-refractivity contribution in [3.8, 4) is 5.75 Å². The summed E-state index contributed by atoms with van der Waals surface area (Å²) >= 11 is 0. The van der Waals surface area contributed by atoms with Gasteiger partial charge in [0.15, 0.2) is 0 Å². The number of aromatic hydroxyl groups is 1. The maximum absolute atomic E-state index is 11.6. The zero-order chi connectivity index (χ0) is 10.7. The molecule has 0 saturated heterocycles. The number of phenols is 1. The van der Waals surface area contributed by atoms with E-state index >= 15 is 0 Å². The number of nitrogens with zero attached hydrogens (tertiary/aromatic N) is 1. The summed E-state index contributed by atoms with van der Waals surface area (Å²) in [5.41, 5.74) is 6.67. The number of amides is 1. The SMILES string of the molecule is CN(C)C(=O)c1ccc(O)cc1CN. The van der Waals surface area contributed by atoms with Gasteiger partial charge in [-0.15, -0.1) is 0 Å². The fraction of sp³-hybridized carbons (Fsp3) is 0.300. The zero-order valence-corrected chi connectivity index (χ0v) is 8.32. The Labute approximate surface area is 82.9 Å². The van der Waals surface area contributed by atoms with Crippen LogP contribution in [0.15, 0.2) is 18.2 Å². The molecule has 0 aliphatic heterocycles. The first kappa shape index (κ1) is 10.5. The Morgan fingerprint density at radius 1 is 1.50 bits per heavy atom. The van der Waals surface area contributed by atoms with Crippen molar-refractivity contribution in [2.24, 2.45) is 5.73 Å². The van der Waals surface area contributed by atoms with Crippen molar-refractivity contribution in [1.82, 2.24) is 4.90 Å². The Hall–Kier alpha value is -1.55. The molecule has 0 heterocycles. The van der Waals surface area contributed by atoms with Crippen LogP contribution < -0.4 is 5.73 Å². The number of hydrogen-bond acceptors (Lipinski definition) is 3. The third-order valence-corrected chi connectivity index (χ3v) is 1.95. The smallest absolute Gasteiger partial charge is 0.253 e. The number of hydrogen-bond donors (Lipinski definition) is 2. The number of nitrogens with two attached hydrogens (primary N) is 1. The molecule has 0 bridgehead atoms. The Balaban J connectivity index is 3.14. The van der Waals surface area contributed by atoms with Crippen molar-refractivity contribution < 1.29 is 9.90 Å². The summed E-state index contributed by atoms with van der Waals surface area (Å²) in [6, 6.07) is 4.58. The lowest BCUT2D eigenvalue weighted by atomic mass is 10.1. The molecule has 1 rings (SSSR count). The number of carbonyl (C=O) groups is 1. The van der Waals surface area contributed by atoms with Crippen LogP contribution in [0.5, 0.6) is 5.75 Å². The molecular weight excluding hydrogens is 180 g/mol. The van der Waals surface area contributed by atoms with Gasteiger partial charge in [0.25, 0.3) is 5.91 Å². The van der Waals surface area contributed by atoms with E-state index in [9.17, 15) is 9.90 Å². The van der Waals surface area contributed by atoms with E-state index in [-0.39, 0.29) is 18.2 Å². The third-order valence-electron chi connectivity index (χ3n) is 1.95. The normalized spacial score (nSPS) is 9.93. The molecule has 14 heavy (non-hydrogen) atoms.